The van der Waals surface area contributed by atoms with Crippen molar-refractivity contribution in [2.24, 2.45) is 0 Å². The van der Waals surface area contributed by atoms with Gasteiger partial charge in [-0.2, -0.15) is 0 Å². The molecular formula is C19H23N5O3. The Balaban J connectivity index is 1.37. The number of rotatable bonds is 5. The Hall–Kier alpha value is -2.87. The lowest BCUT2D eigenvalue weighted by molar-refractivity contribution is 0.0945. The number of amides is 1. The first-order chi connectivity index (χ1) is 13.2. The molecule has 8 nitrogen and oxygen atoms in total. The molecule has 3 heterocycles. The van der Waals surface area contributed by atoms with Gasteiger partial charge in [0, 0.05) is 38.8 Å². The number of carbonyl (C=O) groups excluding carboxylic acids is 1. The normalized spacial score (nSPS) is 16.4. The van der Waals surface area contributed by atoms with Gasteiger partial charge >= 0.3 is 0 Å². The summed E-state index contributed by atoms with van der Waals surface area (Å²) >= 11 is 0. The zero-order valence-corrected chi connectivity index (χ0v) is 15.4. The van der Waals surface area contributed by atoms with Crippen LogP contribution in [0.3, 0.4) is 0 Å². The van der Waals surface area contributed by atoms with Crippen LogP contribution in [0, 0.1) is 0 Å². The summed E-state index contributed by atoms with van der Waals surface area (Å²) in [7, 11) is 0. The molecule has 0 aliphatic carbocycles. The first kappa shape index (κ1) is 17.5. The van der Waals surface area contributed by atoms with Gasteiger partial charge in [-0.3, -0.25) is 4.79 Å². The maximum atomic E-state index is 12.5. The molecule has 4 rings (SSSR count). The van der Waals surface area contributed by atoms with E-state index in [-0.39, 0.29) is 12.7 Å². The minimum atomic E-state index is -0.219. The number of hydrogen-bond acceptors (Lipinski definition) is 7. The molecule has 0 saturated carbocycles. The van der Waals surface area contributed by atoms with Crippen molar-refractivity contribution in [3.63, 3.8) is 0 Å². The molecule has 27 heavy (non-hydrogen) atoms. The second kappa shape index (κ2) is 7.79. The summed E-state index contributed by atoms with van der Waals surface area (Å²) in [6, 6.07) is 7.40. The van der Waals surface area contributed by atoms with Gasteiger partial charge in [0.25, 0.3) is 5.91 Å². The van der Waals surface area contributed by atoms with Crippen molar-refractivity contribution in [2.45, 2.75) is 13.5 Å². The van der Waals surface area contributed by atoms with Crippen LogP contribution in [0.5, 0.6) is 11.5 Å². The van der Waals surface area contributed by atoms with Crippen molar-refractivity contribution in [2.75, 3.05) is 44.4 Å². The number of nitrogens with zero attached hydrogens (tertiary/aromatic N) is 4. The molecule has 0 spiro atoms. The second-order valence-corrected chi connectivity index (χ2v) is 6.55. The van der Waals surface area contributed by atoms with Crippen LogP contribution in [-0.4, -0.2) is 60.3 Å². The lowest BCUT2D eigenvalue weighted by Crippen LogP contribution is -2.46. The summed E-state index contributed by atoms with van der Waals surface area (Å²) in [5.41, 5.74) is 1.32. The van der Waals surface area contributed by atoms with Crippen LogP contribution in [0.25, 0.3) is 0 Å². The highest BCUT2D eigenvalue weighted by Gasteiger charge is 2.19. The zero-order chi connectivity index (χ0) is 18.6. The smallest absolute Gasteiger partial charge is 0.270 e. The number of hydrogen-bond donors (Lipinski definition) is 1. The molecular weight excluding hydrogens is 346 g/mol. The topological polar surface area (TPSA) is 79.8 Å². The largest absolute Gasteiger partial charge is 0.454 e. The molecule has 2 aromatic rings. The van der Waals surface area contributed by atoms with Gasteiger partial charge in [0.2, 0.25) is 6.79 Å². The Morgan fingerprint density at radius 3 is 2.74 bits per heavy atom. The molecule has 0 atom stereocenters. The maximum Gasteiger partial charge on any atom is 0.270 e. The number of piperazine rings is 1. The number of ether oxygens (including phenoxy) is 2. The first-order valence-corrected chi connectivity index (χ1v) is 9.19. The van der Waals surface area contributed by atoms with Crippen molar-refractivity contribution >= 4 is 11.7 Å². The highest BCUT2D eigenvalue weighted by Crippen LogP contribution is 2.32. The lowest BCUT2D eigenvalue weighted by atomic mass is 10.2. The number of likely N-dealkylation sites (N-methyl/N-ethyl adjacent to an activating group) is 1. The van der Waals surface area contributed by atoms with E-state index in [0.29, 0.717) is 18.0 Å². The molecule has 1 N–H and O–H groups in total. The molecule has 1 aromatic carbocycles. The fourth-order valence-corrected chi connectivity index (χ4v) is 3.26. The van der Waals surface area contributed by atoms with Gasteiger partial charge in [-0.1, -0.05) is 13.0 Å². The molecule has 2 aliphatic heterocycles. The van der Waals surface area contributed by atoms with Gasteiger partial charge in [0.15, 0.2) is 11.5 Å². The van der Waals surface area contributed by atoms with Crippen molar-refractivity contribution in [1.82, 2.24) is 20.2 Å². The number of fused-ring (bicyclic) bond motifs is 1. The van der Waals surface area contributed by atoms with Crippen LogP contribution in [0.2, 0.25) is 0 Å². The molecule has 0 unspecified atom stereocenters. The average molecular weight is 369 g/mol. The summed E-state index contributed by atoms with van der Waals surface area (Å²) in [6.07, 6.45) is 1.46. The Morgan fingerprint density at radius 2 is 1.93 bits per heavy atom. The van der Waals surface area contributed by atoms with Crippen molar-refractivity contribution in [3.05, 3.63) is 41.9 Å². The Bertz CT molecular complexity index is 821. The summed E-state index contributed by atoms with van der Waals surface area (Å²) in [4.78, 5) is 25.6. The van der Waals surface area contributed by atoms with Crippen LogP contribution >= 0.6 is 0 Å². The molecule has 142 valence electrons. The number of anilines is 1. The van der Waals surface area contributed by atoms with Crippen LogP contribution in [0.1, 0.15) is 23.0 Å². The fraction of sp³-hybridized carbons (Fsp3) is 0.421. The predicted molar refractivity (Wildman–Crippen MR) is 100 cm³/mol. The molecule has 0 bridgehead atoms. The number of carbonyl (C=O) groups is 1. The monoisotopic (exact) mass is 369 g/mol. The van der Waals surface area contributed by atoms with E-state index in [0.717, 1.165) is 49.9 Å². The van der Waals surface area contributed by atoms with Gasteiger partial charge in [0.05, 0.1) is 0 Å². The SMILES string of the molecule is CCN1CCN(c2cc(C(=O)NCc3ccc4c(c3)OCO4)ncn2)CC1. The maximum absolute atomic E-state index is 12.5. The van der Waals surface area contributed by atoms with E-state index >= 15 is 0 Å². The predicted octanol–water partition coefficient (Wildman–Crippen LogP) is 1.28. The van der Waals surface area contributed by atoms with E-state index in [1.54, 1.807) is 6.07 Å². The van der Waals surface area contributed by atoms with Gasteiger partial charge < -0.3 is 24.6 Å². The third-order valence-electron chi connectivity index (χ3n) is 4.92. The lowest BCUT2D eigenvalue weighted by Gasteiger charge is -2.34. The number of nitrogens with one attached hydrogen (secondary N) is 1. The van der Waals surface area contributed by atoms with Crippen LogP contribution in [-0.2, 0) is 6.54 Å². The Morgan fingerprint density at radius 1 is 1.11 bits per heavy atom. The molecule has 1 aromatic heterocycles. The van der Waals surface area contributed by atoms with Gasteiger partial charge in [0.1, 0.15) is 17.8 Å². The highest BCUT2D eigenvalue weighted by atomic mass is 16.7. The molecule has 1 saturated heterocycles. The average Bonchev–Trinajstić information content (AvgIpc) is 3.20. The summed E-state index contributed by atoms with van der Waals surface area (Å²) in [6.45, 7) is 7.68. The number of benzene rings is 1. The molecule has 2 aliphatic rings. The van der Waals surface area contributed by atoms with E-state index in [2.05, 4.69) is 32.0 Å². The van der Waals surface area contributed by atoms with Crippen molar-refractivity contribution in [3.8, 4) is 11.5 Å². The third-order valence-corrected chi connectivity index (χ3v) is 4.92. The summed E-state index contributed by atoms with van der Waals surface area (Å²) in [5, 5.41) is 2.90. The zero-order valence-electron chi connectivity index (χ0n) is 15.4. The quantitative estimate of drug-likeness (QED) is 0.850. The summed E-state index contributed by atoms with van der Waals surface area (Å²) < 4.78 is 10.7. The van der Waals surface area contributed by atoms with Gasteiger partial charge in [-0.15, -0.1) is 0 Å². The van der Waals surface area contributed by atoms with Crippen LogP contribution < -0.4 is 19.7 Å². The highest BCUT2D eigenvalue weighted by molar-refractivity contribution is 5.92. The minimum Gasteiger partial charge on any atom is -0.454 e. The van der Waals surface area contributed by atoms with E-state index in [9.17, 15) is 4.79 Å². The summed E-state index contributed by atoms with van der Waals surface area (Å²) in [5.74, 6) is 2.02. The van der Waals surface area contributed by atoms with Crippen molar-refractivity contribution in [1.29, 1.82) is 0 Å². The van der Waals surface area contributed by atoms with Crippen LogP contribution in [0.15, 0.2) is 30.6 Å². The standard InChI is InChI=1S/C19H23N5O3/c1-2-23-5-7-24(8-6-23)18-10-15(21-12-22-18)19(25)20-11-14-3-4-16-17(9-14)27-13-26-16/h3-4,9-10,12H,2,5-8,11,13H2,1H3,(H,20,25). The number of aromatic nitrogens is 2. The Labute approximate surface area is 158 Å². The molecule has 0 radical (unpaired) electrons. The van der Waals surface area contributed by atoms with Crippen LogP contribution in [0.4, 0.5) is 5.82 Å². The Kier molecular flexibility index (Phi) is 5.06. The fourth-order valence-electron chi connectivity index (χ4n) is 3.26. The second-order valence-electron chi connectivity index (χ2n) is 6.55. The minimum absolute atomic E-state index is 0.219. The van der Waals surface area contributed by atoms with Gasteiger partial charge in [-0.25, -0.2) is 9.97 Å². The van der Waals surface area contributed by atoms with E-state index in [1.807, 2.05) is 18.2 Å². The molecule has 8 heteroatoms. The van der Waals surface area contributed by atoms with E-state index < -0.39 is 0 Å². The van der Waals surface area contributed by atoms with E-state index in [1.165, 1.54) is 6.33 Å². The van der Waals surface area contributed by atoms with E-state index in [4.69, 9.17) is 9.47 Å². The van der Waals surface area contributed by atoms with Gasteiger partial charge in [-0.05, 0) is 24.2 Å². The first-order valence-electron chi connectivity index (χ1n) is 9.19. The van der Waals surface area contributed by atoms with Crippen molar-refractivity contribution < 1.29 is 14.3 Å². The third kappa shape index (κ3) is 3.95. The molecule has 1 amide bonds. The molecule has 1 fully saturated rings.